The average Bonchev–Trinajstić information content (AvgIpc) is 2.97. The smallest absolute Gasteiger partial charge is 0.267 e. The Morgan fingerprint density at radius 3 is 2.46 bits per heavy atom. The maximum Gasteiger partial charge on any atom is 0.267 e. The van der Waals surface area contributed by atoms with Crippen LogP contribution in [0.4, 0.5) is 16.5 Å². The predicted octanol–water partition coefficient (Wildman–Crippen LogP) is 5.88. The number of anilines is 3. The molecule has 0 saturated carbocycles. The molecule has 3 aromatic rings. The van der Waals surface area contributed by atoms with Crippen molar-refractivity contribution in [1.82, 2.24) is 4.98 Å². The molecule has 0 aliphatic rings. The van der Waals surface area contributed by atoms with Crippen LogP contribution in [0.25, 0.3) is 0 Å². The van der Waals surface area contributed by atoms with E-state index in [1.165, 1.54) is 22.5 Å². The molecule has 2 aromatic carbocycles. The second-order valence-corrected chi connectivity index (χ2v) is 7.66. The standard InChI is InChI=1S/C21H23N3OS/c1-13(2)16-6-5-7-18(12-16)23-20(25)19-15(4)22-21(26-19)24-17-10-8-14(3)9-11-17/h5-13H,1-4H3,(H,22,24)(H,23,25). The summed E-state index contributed by atoms with van der Waals surface area (Å²) in [4.78, 5) is 17.8. The van der Waals surface area contributed by atoms with E-state index in [-0.39, 0.29) is 5.91 Å². The Bertz CT molecular complexity index is 913. The third kappa shape index (κ3) is 4.29. The largest absolute Gasteiger partial charge is 0.332 e. The van der Waals surface area contributed by atoms with Crippen molar-refractivity contribution < 1.29 is 4.79 Å². The second-order valence-electron chi connectivity index (χ2n) is 6.66. The number of hydrogen-bond acceptors (Lipinski definition) is 4. The molecule has 0 aliphatic heterocycles. The Hall–Kier alpha value is -2.66. The zero-order valence-corrected chi connectivity index (χ0v) is 16.3. The Labute approximate surface area is 158 Å². The Morgan fingerprint density at radius 1 is 1.04 bits per heavy atom. The summed E-state index contributed by atoms with van der Waals surface area (Å²) in [6, 6.07) is 16.1. The molecule has 0 aliphatic carbocycles. The van der Waals surface area contributed by atoms with Crippen LogP contribution in [0.5, 0.6) is 0 Å². The lowest BCUT2D eigenvalue weighted by Crippen LogP contribution is -2.11. The Morgan fingerprint density at radius 2 is 1.77 bits per heavy atom. The summed E-state index contributed by atoms with van der Waals surface area (Å²) in [5.74, 6) is 0.292. The zero-order valence-electron chi connectivity index (χ0n) is 15.5. The summed E-state index contributed by atoms with van der Waals surface area (Å²) in [5.41, 5.74) is 4.89. The van der Waals surface area contributed by atoms with Crippen LogP contribution in [0, 0.1) is 13.8 Å². The molecule has 134 valence electrons. The van der Waals surface area contributed by atoms with Gasteiger partial charge in [-0.1, -0.05) is 55.0 Å². The van der Waals surface area contributed by atoms with Gasteiger partial charge in [0.25, 0.3) is 5.91 Å². The lowest BCUT2D eigenvalue weighted by Gasteiger charge is -2.09. The highest BCUT2D eigenvalue weighted by Gasteiger charge is 2.16. The van der Waals surface area contributed by atoms with Crippen molar-refractivity contribution in [2.45, 2.75) is 33.6 Å². The molecule has 0 spiro atoms. The van der Waals surface area contributed by atoms with Gasteiger partial charge in [0.1, 0.15) is 4.88 Å². The minimum Gasteiger partial charge on any atom is -0.332 e. The summed E-state index contributed by atoms with van der Waals surface area (Å²) in [7, 11) is 0. The molecule has 1 aromatic heterocycles. The molecule has 0 saturated heterocycles. The quantitative estimate of drug-likeness (QED) is 0.594. The van der Waals surface area contributed by atoms with Crippen molar-refractivity contribution in [2.24, 2.45) is 0 Å². The number of hydrogen-bond donors (Lipinski definition) is 2. The van der Waals surface area contributed by atoms with Gasteiger partial charge in [0.2, 0.25) is 0 Å². The van der Waals surface area contributed by atoms with Gasteiger partial charge in [0, 0.05) is 11.4 Å². The van der Waals surface area contributed by atoms with Crippen LogP contribution in [0.3, 0.4) is 0 Å². The summed E-state index contributed by atoms with van der Waals surface area (Å²) in [6.45, 7) is 8.18. The number of aromatic nitrogens is 1. The van der Waals surface area contributed by atoms with E-state index in [4.69, 9.17) is 0 Å². The molecule has 26 heavy (non-hydrogen) atoms. The van der Waals surface area contributed by atoms with E-state index >= 15 is 0 Å². The first-order chi connectivity index (χ1) is 12.4. The normalized spacial score (nSPS) is 10.8. The molecule has 1 heterocycles. The highest BCUT2D eigenvalue weighted by Crippen LogP contribution is 2.27. The molecule has 0 radical (unpaired) electrons. The van der Waals surface area contributed by atoms with Gasteiger partial charge in [0.05, 0.1) is 5.69 Å². The van der Waals surface area contributed by atoms with Crippen molar-refractivity contribution >= 4 is 33.8 Å². The van der Waals surface area contributed by atoms with E-state index in [1.54, 1.807) is 0 Å². The van der Waals surface area contributed by atoms with Crippen molar-refractivity contribution in [2.75, 3.05) is 10.6 Å². The maximum absolute atomic E-state index is 12.7. The monoisotopic (exact) mass is 365 g/mol. The topological polar surface area (TPSA) is 54.0 Å². The lowest BCUT2D eigenvalue weighted by atomic mass is 10.0. The van der Waals surface area contributed by atoms with Crippen LogP contribution >= 0.6 is 11.3 Å². The van der Waals surface area contributed by atoms with E-state index in [9.17, 15) is 4.79 Å². The second kappa shape index (κ2) is 7.70. The minimum absolute atomic E-state index is 0.127. The fraction of sp³-hybridized carbons (Fsp3) is 0.238. The molecule has 3 rings (SSSR count). The first-order valence-electron chi connectivity index (χ1n) is 8.65. The van der Waals surface area contributed by atoms with Gasteiger partial charge in [0.15, 0.2) is 5.13 Å². The number of nitrogens with zero attached hydrogens (tertiary/aromatic N) is 1. The number of benzene rings is 2. The van der Waals surface area contributed by atoms with Crippen LogP contribution in [-0.4, -0.2) is 10.9 Å². The van der Waals surface area contributed by atoms with Gasteiger partial charge in [-0.3, -0.25) is 4.79 Å². The number of carbonyl (C=O) groups is 1. The van der Waals surface area contributed by atoms with Crippen LogP contribution < -0.4 is 10.6 Å². The minimum atomic E-state index is -0.127. The van der Waals surface area contributed by atoms with Gasteiger partial charge in [-0.25, -0.2) is 4.98 Å². The Balaban J connectivity index is 1.74. The zero-order chi connectivity index (χ0) is 18.7. The van der Waals surface area contributed by atoms with Crippen LogP contribution in [0.15, 0.2) is 48.5 Å². The van der Waals surface area contributed by atoms with Crippen molar-refractivity contribution in [3.05, 3.63) is 70.2 Å². The average molecular weight is 366 g/mol. The molecular weight excluding hydrogens is 342 g/mol. The van der Waals surface area contributed by atoms with Crippen molar-refractivity contribution in [1.29, 1.82) is 0 Å². The predicted molar refractivity (Wildman–Crippen MR) is 110 cm³/mol. The Kier molecular flexibility index (Phi) is 5.38. The van der Waals surface area contributed by atoms with Crippen LogP contribution in [0.2, 0.25) is 0 Å². The molecular formula is C21H23N3OS. The van der Waals surface area contributed by atoms with Crippen LogP contribution in [0.1, 0.15) is 46.3 Å². The third-order valence-corrected chi connectivity index (χ3v) is 5.19. The summed E-state index contributed by atoms with van der Waals surface area (Å²) in [6.07, 6.45) is 0. The van der Waals surface area contributed by atoms with Gasteiger partial charge in [-0.05, 0) is 49.6 Å². The van der Waals surface area contributed by atoms with Gasteiger partial charge in [-0.15, -0.1) is 0 Å². The summed E-state index contributed by atoms with van der Waals surface area (Å²) >= 11 is 1.36. The van der Waals surface area contributed by atoms with Crippen molar-refractivity contribution in [3.63, 3.8) is 0 Å². The number of carbonyl (C=O) groups excluding carboxylic acids is 1. The number of nitrogens with one attached hydrogen (secondary N) is 2. The molecule has 1 amide bonds. The fourth-order valence-electron chi connectivity index (χ4n) is 2.58. The van der Waals surface area contributed by atoms with Gasteiger partial charge >= 0.3 is 0 Å². The number of thiazole rings is 1. The van der Waals surface area contributed by atoms with E-state index in [0.29, 0.717) is 15.9 Å². The molecule has 2 N–H and O–H groups in total. The van der Waals surface area contributed by atoms with Crippen LogP contribution in [-0.2, 0) is 0 Å². The third-order valence-electron chi connectivity index (χ3n) is 4.12. The summed E-state index contributed by atoms with van der Waals surface area (Å²) < 4.78 is 0. The lowest BCUT2D eigenvalue weighted by molar-refractivity contribution is 0.103. The number of aryl methyl sites for hydroxylation is 2. The van der Waals surface area contributed by atoms with Gasteiger partial charge in [-0.2, -0.15) is 0 Å². The first-order valence-corrected chi connectivity index (χ1v) is 9.46. The highest BCUT2D eigenvalue weighted by molar-refractivity contribution is 7.17. The molecule has 5 heteroatoms. The SMILES string of the molecule is Cc1ccc(Nc2nc(C)c(C(=O)Nc3cccc(C(C)C)c3)s2)cc1. The van der Waals surface area contributed by atoms with Gasteiger partial charge < -0.3 is 10.6 Å². The molecule has 0 atom stereocenters. The number of rotatable bonds is 5. The summed E-state index contributed by atoms with van der Waals surface area (Å²) in [5, 5.41) is 6.96. The first kappa shape index (κ1) is 18.1. The van der Waals surface area contributed by atoms with E-state index in [1.807, 2.05) is 56.3 Å². The molecule has 0 bridgehead atoms. The molecule has 0 unspecified atom stereocenters. The van der Waals surface area contributed by atoms with E-state index in [0.717, 1.165) is 17.1 Å². The fourth-order valence-corrected chi connectivity index (χ4v) is 3.47. The highest BCUT2D eigenvalue weighted by atomic mass is 32.1. The maximum atomic E-state index is 12.7. The van der Waals surface area contributed by atoms with Crippen molar-refractivity contribution in [3.8, 4) is 0 Å². The van der Waals surface area contributed by atoms with E-state index in [2.05, 4.69) is 35.5 Å². The number of amides is 1. The molecule has 4 nitrogen and oxygen atoms in total. The van der Waals surface area contributed by atoms with E-state index < -0.39 is 0 Å². The molecule has 0 fully saturated rings.